The Morgan fingerprint density at radius 1 is 1.19 bits per heavy atom. The molecule has 2 rings (SSSR count). The molecule has 2 aromatic rings. The van der Waals surface area contributed by atoms with Crippen LogP contribution in [0.2, 0.25) is 0 Å². The normalized spacial score (nSPS) is 10.7. The molecule has 2 heterocycles. The van der Waals surface area contributed by atoms with Gasteiger partial charge in [-0.15, -0.1) is 0 Å². The molecule has 0 aromatic carbocycles. The van der Waals surface area contributed by atoms with Gasteiger partial charge in [0, 0.05) is 11.8 Å². The van der Waals surface area contributed by atoms with E-state index in [0.717, 1.165) is 6.42 Å². The maximum absolute atomic E-state index is 5.69. The highest BCUT2D eigenvalue weighted by molar-refractivity contribution is 5.56. The third-order valence-corrected chi connectivity index (χ3v) is 2.41. The second-order valence-corrected chi connectivity index (χ2v) is 4.72. The molecular formula is C14H19N5O2. The molecule has 0 aliphatic carbocycles. The van der Waals surface area contributed by atoms with Crippen LogP contribution in [0, 0.1) is 0 Å². The fraction of sp³-hybridized carbons (Fsp3) is 0.429. The number of nitrogen functional groups attached to an aromatic ring is 1. The third-order valence-electron chi connectivity index (χ3n) is 2.41. The molecule has 7 heteroatoms. The summed E-state index contributed by atoms with van der Waals surface area (Å²) in [4.78, 5) is 16.4. The zero-order valence-corrected chi connectivity index (χ0v) is 12.4. The molecule has 0 saturated heterocycles. The van der Waals surface area contributed by atoms with Crippen molar-refractivity contribution in [2.75, 3.05) is 12.3 Å². The number of ether oxygens (including phenoxy) is 2. The smallest absolute Gasteiger partial charge is 0.321 e. The predicted octanol–water partition coefficient (Wildman–Crippen LogP) is 2.09. The Balaban J connectivity index is 2.30. The van der Waals surface area contributed by atoms with Crippen LogP contribution >= 0.6 is 0 Å². The van der Waals surface area contributed by atoms with E-state index in [0.29, 0.717) is 23.7 Å². The second-order valence-electron chi connectivity index (χ2n) is 4.72. The highest BCUT2D eigenvalue weighted by Crippen LogP contribution is 2.22. The van der Waals surface area contributed by atoms with Crippen molar-refractivity contribution in [1.82, 2.24) is 19.9 Å². The zero-order valence-electron chi connectivity index (χ0n) is 12.4. The average Bonchev–Trinajstić information content (AvgIpc) is 2.44. The van der Waals surface area contributed by atoms with Crippen molar-refractivity contribution in [2.24, 2.45) is 0 Å². The van der Waals surface area contributed by atoms with Crippen LogP contribution in [-0.4, -0.2) is 32.6 Å². The number of aromatic nitrogens is 4. The van der Waals surface area contributed by atoms with Gasteiger partial charge in [0.25, 0.3) is 0 Å². The molecule has 0 unspecified atom stereocenters. The number of nitrogens with two attached hydrogens (primary N) is 1. The maximum Gasteiger partial charge on any atom is 0.321 e. The first-order chi connectivity index (χ1) is 10.1. The lowest BCUT2D eigenvalue weighted by molar-refractivity contribution is 0.241. The Hall–Kier alpha value is -2.44. The van der Waals surface area contributed by atoms with Crippen LogP contribution in [0.15, 0.2) is 18.5 Å². The summed E-state index contributed by atoms with van der Waals surface area (Å²) in [7, 11) is 0. The van der Waals surface area contributed by atoms with E-state index >= 15 is 0 Å². The minimum absolute atomic E-state index is 0.0638. The third kappa shape index (κ3) is 4.27. The van der Waals surface area contributed by atoms with Crippen LogP contribution in [0.25, 0.3) is 11.4 Å². The summed E-state index contributed by atoms with van der Waals surface area (Å²) in [5, 5.41) is 0. The number of hydrogen-bond acceptors (Lipinski definition) is 7. The quantitative estimate of drug-likeness (QED) is 0.869. The van der Waals surface area contributed by atoms with E-state index in [1.54, 1.807) is 12.4 Å². The van der Waals surface area contributed by atoms with E-state index < -0.39 is 0 Å². The Morgan fingerprint density at radius 2 is 2.00 bits per heavy atom. The first kappa shape index (κ1) is 15.0. The largest absolute Gasteiger partial charge is 0.489 e. The monoisotopic (exact) mass is 289 g/mol. The highest BCUT2D eigenvalue weighted by atomic mass is 16.5. The second kappa shape index (κ2) is 6.83. The summed E-state index contributed by atoms with van der Waals surface area (Å²) in [5.41, 5.74) is 6.39. The number of hydrogen-bond donors (Lipinski definition) is 1. The van der Waals surface area contributed by atoms with E-state index in [-0.39, 0.29) is 18.1 Å². The fourth-order valence-corrected chi connectivity index (χ4v) is 1.64. The summed E-state index contributed by atoms with van der Waals surface area (Å²) in [5.74, 6) is 1.18. The first-order valence-corrected chi connectivity index (χ1v) is 6.85. The van der Waals surface area contributed by atoms with Gasteiger partial charge in [-0.1, -0.05) is 6.92 Å². The van der Waals surface area contributed by atoms with Crippen LogP contribution in [0.5, 0.6) is 11.8 Å². The van der Waals surface area contributed by atoms with E-state index in [1.165, 1.54) is 0 Å². The van der Waals surface area contributed by atoms with Crippen LogP contribution in [-0.2, 0) is 0 Å². The van der Waals surface area contributed by atoms with Crippen molar-refractivity contribution < 1.29 is 9.47 Å². The van der Waals surface area contributed by atoms with Crippen molar-refractivity contribution in [3.05, 3.63) is 18.5 Å². The fourth-order valence-electron chi connectivity index (χ4n) is 1.64. The molecule has 112 valence electrons. The molecule has 0 amide bonds. The molecule has 0 fully saturated rings. The Morgan fingerprint density at radius 3 is 2.71 bits per heavy atom. The molecule has 0 bridgehead atoms. The highest BCUT2D eigenvalue weighted by Gasteiger charge is 2.10. The van der Waals surface area contributed by atoms with Crippen LogP contribution in [0.4, 0.5) is 5.95 Å². The molecular weight excluding hydrogens is 270 g/mol. The van der Waals surface area contributed by atoms with Gasteiger partial charge in [0.05, 0.1) is 18.9 Å². The lowest BCUT2D eigenvalue weighted by atomic mass is 10.2. The minimum atomic E-state index is 0.0638. The first-order valence-electron chi connectivity index (χ1n) is 6.85. The summed E-state index contributed by atoms with van der Waals surface area (Å²) in [6.45, 7) is 6.42. The van der Waals surface area contributed by atoms with Gasteiger partial charge in [-0.2, -0.15) is 15.0 Å². The van der Waals surface area contributed by atoms with Crippen molar-refractivity contribution in [1.29, 1.82) is 0 Å². The molecule has 0 aliphatic rings. The standard InChI is InChI=1S/C14H19N5O2/c1-4-5-20-14-18-12(17-13(15)19-14)10-6-11(8-16-7-10)21-9(2)3/h6-9H,4-5H2,1-3H3,(H2,15,17,18,19). The molecule has 7 nitrogen and oxygen atoms in total. The average molecular weight is 289 g/mol. The van der Waals surface area contributed by atoms with Gasteiger partial charge in [0.1, 0.15) is 5.75 Å². The Bertz CT molecular complexity index is 604. The molecule has 0 radical (unpaired) electrons. The van der Waals surface area contributed by atoms with Gasteiger partial charge in [0.15, 0.2) is 5.82 Å². The molecule has 0 saturated carbocycles. The van der Waals surface area contributed by atoms with Crippen molar-refractivity contribution in [3.63, 3.8) is 0 Å². The Labute approximate surface area is 123 Å². The van der Waals surface area contributed by atoms with E-state index in [9.17, 15) is 0 Å². The van der Waals surface area contributed by atoms with Gasteiger partial charge in [-0.25, -0.2) is 0 Å². The van der Waals surface area contributed by atoms with Gasteiger partial charge in [-0.3, -0.25) is 4.98 Å². The maximum atomic E-state index is 5.69. The number of rotatable bonds is 6. The van der Waals surface area contributed by atoms with E-state index in [2.05, 4.69) is 19.9 Å². The molecule has 21 heavy (non-hydrogen) atoms. The van der Waals surface area contributed by atoms with Crippen LogP contribution < -0.4 is 15.2 Å². The summed E-state index contributed by atoms with van der Waals surface area (Å²) >= 11 is 0. The predicted molar refractivity (Wildman–Crippen MR) is 79.0 cm³/mol. The lowest BCUT2D eigenvalue weighted by Gasteiger charge is -2.10. The zero-order chi connectivity index (χ0) is 15.2. The molecule has 2 N–H and O–H groups in total. The van der Waals surface area contributed by atoms with E-state index in [4.69, 9.17) is 15.2 Å². The Kier molecular flexibility index (Phi) is 4.86. The van der Waals surface area contributed by atoms with E-state index in [1.807, 2.05) is 26.8 Å². The van der Waals surface area contributed by atoms with Gasteiger partial charge in [0.2, 0.25) is 5.95 Å². The summed E-state index contributed by atoms with van der Waals surface area (Å²) in [6, 6.07) is 2.03. The lowest BCUT2D eigenvalue weighted by Crippen LogP contribution is -2.07. The summed E-state index contributed by atoms with van der Waals surface area (Å²) in [6.07, 6.45) is 4.21. The number of anilines is 1. The molecule has 2 aromatic heterocycles. The van der Waals surface area contributed by atoms with Crippen LogP contribution in [0.3, 0.4) is 0 Å². The minimum Gasteiger partial charge on any atom is -0.489 e. The number of nitrogens with zero attached hydrogens (tertiary/aromatic N) is 4. The molecule has 0 spiro atoms. The van der Waals surface area contributed by atoms with Gasteiger partial charge in [-0.05, 0) is 26.3 Å². The summed E-state index contributed by atoms with van der Waals surface area (Å²) < 4.78 is 11.0. The SMILES string of the molecule is CCCOc1nc(N)nc(-c2cncc(OC(C)C)c2)n1. The van der Waals surface area contributed by atoms with Gasteiger partial charge < -0.3 is 15.2 Å². The van der Waals surface area contributed by atoms with Gasteiger partial charge >= 0.3 is 6.01 Å². The van der Waals surface area contributed by atoms with Crippen LogP contribution in [0.1, 0.15) is 27.2 Å². The topological polar surface area (TPSA) is 96.0 Å². The number of pyridine rings is 1. The molecule has 0 aliphatic heterocycles. The van der Waals surface area contributed by atoms with Crippen molar-refractivity contribution in [3.8, 4) is 23.1 Å². The van der Waals surface area contributed by atoms with Crippen molar-refractivity contribution in [2.45, 2.75) is 33.3 Å². The molecule has 0 atom stereocenters. The van der Waals surface area contributed by atoms with Crippen molar-refractivity contribution >= 4 is 5.95 Å².